The van der Waals surface area contributed by atoms with Crippen molar-refractivity contribution in [2.75, 3.05) is 6.61 Å². The molecule has 6 heteroatoms. The van der Waals surface area contributed by atoms with E-state index >= 15 is 0 Å². The van der Waals surface area contributed by atoms with Crippen molar-refractivity contribution in [3.8, 4) is 28.3 Å². The summed E-state index contributed by atoms with van der Waals surface area (Å²) in [6, 6.07) is 22.2. The fourth-order valence-electron chi connectivity index (χ4n) is 3.99. The smallest absolute Gasteiger partial charge is 0.341 e. The zero-order valence-electron chi connectivity index (χ0n) is 19.5. The third kappa shape index (κ3) is 5.17. The van der Waals surface area contributed by atoms with Crippen LogP contribution in [0.2, 0.25) is 0 Å². The third-order valence-corrected chi connectivity index (χ3v) is 5.67. The van der Waals surface area contributed by atoms with Crippen molar-refractivity contribution < 1.29 is 19.0 Å². The number of aliphatic carboxylic acids is 1. The van der Waals surface area contributed by atoms with Crippen LogP contribution in [0.4, 0.5) is 4.39 Å². The van der Waals surface area contributed by atoms with Crippen LogP contribution in [0.5, 0.6) is 5.75 Å². The maximum absolute atomic E-state index is 14.1. The summed E-state index contributed by atoms with van der Waals surface area (Å²) >= 11 is 0. The molecule has 0 fully saturated rings. The van der Waals surface area contributed by atoms with Gasteiger partial charge in [0.1, 0.15) is 11.6 Å². The quantitative estimate of drug-likeness (QED) is 0.337. The highest BCUT2D eigenvalue weighted by atomic mass is 19.1. The molecule has 0 atom stereocenters. The number of carboxylic acid groups (broad SMARTS) is 1. The Hall–Kier alpha value is -3.93. The number of hydrogen-bond acceptors (Lipinski definition) is 3. The summed E-state index contributed by atoms with van der Waals surface area (Å²) in [5, 5.41) is 14.1. The highest BCUT2D eigenvalue weighted by molar-refractivity contribution is 5.77. The molecule has 0 aliphatic rings. The Labute approximate surface area is 198 Å². The second-order valence-corrected chi connectivity index (χ2v) is 8.62. The molecular weight excluding hydrogens is 431 g/mol. The number of rotatable bonds is 8. The first-order valence-electron chi connectivity index (χ1n) is 11.2. The molecule has 5 nitrogen and oxygen atoms in total. The summed E-state index contributed by atoms with van der Waals surface area (Å²) < 4.78 is 21.6. The fraction of sp³-hybridized carbons (Fsp3) is 0.214. The molecule has 4 rings (SSSR count). The van der Waals surface area contributed by atoms with Gasteiger partial charge in [-0.05, 0) is 53.8 Å². The minimum absolute atomic E-state index is 0.249. The number of hydrogen-bond donors (Lipinski definition) is 1. The molecule has 0 amide bonds. The lowest BCUT2D eigenvalue weighted by Crippen LogP contribution is -2.11. The van der Waals surface area contributed by atoms with Crippen molar-refractivity contribution in [3.63, 3.8) is 0 Å². The molecule has 0 saturated carbocycles. The van der Waals surface area contributed by atoms with E-state index < -0.39 is 12.6 Å². The summed E-state index contributed by atoms with van der Waals surface area (Å²) in [5.74, 6) is -0.650. The number of aromatic nitrogens is 2. The lowest BCUT2D eigenvalue weighted by atomic mass is 9.95. The highest BCUT2D eigenvalue weighted by Gasteiger charge is 2.20. The van der Waals surface area contributed by atoms with Crippen LogP contribution < -0.4 is 4.74 Å². The highest BCUT2D eigenvalue weighted by Crippen LogP contribution is 2.38. The topological polar surface area (TPSA) is 64.3 Å². The van der Waals surface area contributed by atoms with Gasteiger partial charge in [0.25, 0.3) is 0 Å². The Kier molecular flexibility index (Phi) is 6.77. The number of halogens is 1. The van der Waals surface area contributed by atoms with Crippen LogP contribution in [0.15, 0.2) is 72.8 Å². The van der Waals surface area contributed by atoms with Gasteiger partial charge in [-0.25, -0.2) is 9.18 Å². The molecule has 34 heavy (non-hydrogen) atoms. The van der Waals surface area contributed by atoms with Gasteiger partial charge in [-0.2, -0.15) is 5.10 Å². The largest absolute Gasteiger partial charge is 0.481 e. The predicted molar refractivity (Wildman–Crippen MR) is 131 cm³/mol. The van der Waals surface area contributed by atoms with Crippen molar-refractivity contribution in [1.29, 1.82) is 0 Å². The molecule has 0 aliphatic carbocycles. The van der Waals surface area contributed by atoms with Gasteiger partial charge in [-0.15, -0.1) is 0 Å². The van der Waals surface area contributed by atoms with Gasteiger partial charge in [0, 0.05) is 11.1 Å². The van der Waals surface area contributed by atoms with Crippen LogP contribution in [0.25, 0.3) is 22.5 Å². The summed E-state index contributed by atoms with van der Waals surface area (Å²) in [6.07, 6.45) is 0. The molecule has 1 heterocycles. The lowest BCUT2D eigenvalue weighted by molar-refractivity contribution is -0.139. The van der Waals surface area contributed by atoms with Crippen LogP contribution in [0, 0.1) is 12.7 Å². The first kappa shape index (κ1) is 23.2. The number of benzene rings is 3. The first-order valence-corrected chi connectivity index (χ1v) is 11.2. The molecule has 0 saturated heterocycles. The van der Waals surface area contributed by atoms with Crippen molar-refractivity contribution in [3.05, 3.63) is 95.3 Å². The Balaban J connectivity index is 1.87. The monoisotopic (exact) mass is 458 g/mol. The van der Waals surface area contributed by atoms with Gasteiger partial charge in [0.15, 0.2) is 6.61 Å². The van der Waals surface area contributed by atoms with Crippen molar-refractivity contribution >= 4 is 5.97 Å². The molecule has 1 N–H and O–H groups in total. The Morgan fingerprint density at radius 1 is 1.06 bits per heavy atom. The molecule has 0 bridgehead atoms. The van der Waals surface area contributed by atoms with Gasteiger partial charge in [-0.1, -0.05) is 62.4 Å². The van der Waals surface area contributed by atoms with Crippen molar-refractivity contribution in [2.45, 2.75) is 33.2 Å². The number of aryl methyl sites for hydroxylation is 1. The van der Waals surface area contributed by atoms with Gasteiger partial charge < -0.3 is 9.84 Å². The van der Waals surface area contributed by atoms with Crippen LogP contribution in [-0.4, -0.2) is 27.5 Å². The minimum atomic E-state index is -1.05. The van der Waals surface area contributed by atoms with Crippen LogP contribution in [0.1, 0.15) is 36.5 Å². The summed E-state index contributed by atoms with van der Waals surface area (Å²) in [4.78, 5) is 11.2. The maximum Gasteiger partial charge on any atom is 0.341 e. The van der Waals surface area contributed by atoms with Crippen molar-refractivity contribution in [2.24, 2.45) is 0 Å². The normalized spacial score (nSPS) is 11.1. The van der Waals surface area contributed by atoms with E-state index in [1.165, 1.54) is 12.1 Å². The van der Waals surface area contributed by atoms with Crippen LogP contribution in [0.3, 0.4) is 0 Å². The zero-order chi connectivity index (χ0) is 24.2. The molecule has 4 aromatic rings. The van der Waals surface area contributed by atoms with E-state index in [1.54, 1.807) is 6.07 Å². The number of carboxylic acids is 1. The van der Waals surface area contributed by atoms with Crippen LogP contribution >= 0.6 is 0 Å². The predicted octanol–water partition coefficient (Wildman–Crippen LogP) is 6.30. The fourth-order valence-corrected chi connectivity index (χ4v) is 3.99. The Bertz CT molecular complexity index is 1310. The number of ether oxygens (including phenoxy) is 1. The standard InChI is InChI=1S/C28H27FN2O3/c1-18(2)22-12-19(3)28(26(14-22)34-17-27(32)33)24-15-25(21-10-7-11-23(29)13-21)31(30-24)16-20-8-5-4-6-9-20/h4-15,18H,16-17H2,1-3H3,(H,32,33). The molecule has 0 radical (unpaired) electrons. The first-order chi connectivity index (χ1) is 16.3. The zero-order valence-corrected chi connectivity index (χ0v) is 19.5. The van der Waals surface area contributed by atoms with E-state index in [-0.39, 0.29) is 11.7 Å². The van der Waals surface area contributed by atoms with Gasteiger partial charge in [0.05, 0.1) is 17.9 Å². The number of carbonyl (C=O) groups is 1. The Morgan fingerprint density at radius 2 is 1.82 bits per heavy atom. The molecule has 3 aromatic carbocycles. The minimum Gasteiger partial charge on any atom is -0.481 e. The lowest BCUT2D eigenvalue weighted by Gasteiger charge is -2.15. The molecule has 0 spiro atoms. The SMILES string of the molecule is Cc1cc(C(C)C)cc(OCC(=O)O)c1-c1cc(-c2cccc(F)c2)n(Cc2ccccc2)n1. The van der Waals surface area contributed by atoms with E-state index in [0.29, 0.717) is 23.6 Å². The van der Waals surface area contributed by atoms with E-state index in [9.17, 15) is 14.3 Å². The van der Waals surface area contributed by atoms with E-state index in [0.717, 1.165) is 27.9 Å². The molecule has 0 unspecified atom stereocenters. The van der Waals surface area contributed by atoms with Gasteiger partial charge in [0.2, 0.25) is 0 Å². The summed E-state index contributed by atoms with van der Waals surface area (Å²) in [5.41, 5.74) is 5.88. The molecule has 0 aliphatic heterocycles. The average molecular weight is 459 g/mol. The van der Waals surface area contributed by atoms with E-state index in [2.05, 4.69) is 19.9 Å². The average Bonchev–Trinajstić information content (AvgIpc) is 3.21. The molecule has 174 valence electrons. The van der Waals surface area contributed by atoms with E-state index in [1.807, 2.05) is 60.1 Å². The van der Waals surface area contributed by atoms with Gasteiger partial charge in [-0.3, -0.25) is 4.68 Å². The second-order valence-electron chi connectivity index (χ2n) is 8.62. The number of nitrogens with zero attached hydrogens (tertiary/aromatic N) is 2. The molecular formula is C28H27FN2O3. The van der Waals surface area contributed by atoms with Crippen LogP contribution in [-0.2, 0) is 11.3 Å². The Morgan fingerprint density at radius 3 is 2.50 bits per heavy atom. The van der Waals surface area contributed by atoms with E-state index in [4.69, 9.17) is 9.84 Å². The van der Waals surface area contributed by atoms with Gasteiger partial charge >= 0.3 is 5.97 Å². The van der Waals surface area contributed by atoms with Crippen molar-refractivity contribution in [1.82, 2.24) is 9.78 Å². The summed E-state index contributed by atoms with van der Waals surface area (Å²) in [7, 11) is 0. The third-order valence-electron chi connectivity index (χ3n) is 5.67. The molecule has 1 aromatic heterocycles. The second kappa shape index (κ2) is 9.91. The summed E-state index contributed by atoms with van der Waals surface area (Å²) in [6.45, 7) is 6.17. The maximum atomic E-state index is 14.1.